The van der Waals surface area contributed by atoms with Gasteiger partial charge in [0.2, 0.25) is 0 Å². The first kappa shape index (κ1) is 26.6. The number of halogens is 9. The number of hydrogen-bond acceptors (Lipinski definition) is 4. The number of hydrogen-bond donors (Lipinski definition) is 1. The average molecular weight is 531 g/mol. The zero-order valence-electron chi connectivity index (χ0n) is 16.4. The maximum absolute atomic E-state index is 12.8. The van der Waals surface area contributed by atoms with E-state index in [4.69, 9.17) is 39.6 Å². The first-order chi connectivity index (χ1) is 15.3. The molecule has 2 aromatic carbocycles. The van der Waals surface area contributed by atoms with Gasteiger partial charge in [-0.05, 0) is 37.3 Å². The summed E-state index contributed by atoms with van der Waals surface area (Å²) in [6.45, 7) is 1.15. The van der Waals surface area contributed by atoms with Crippen LogP contribution in [0.2, 0.25) is 15.1 Å². The average Bonchev–Trinajstić information content (AvgIpc) is 2.68. The van der Waals surface area contributed by atoms with Crippen molar-refractivity contribution < 1.29 is 31.2 Å². The van der Waals surface area contributed by atoms with E-state index in [1.807, 2.05) is 0 Å². The number of anilines is 1. The number of benzene rings is 2. The van der Waals surface area contributed by atoms with Crippen LogP contribution in [0.3, 0.4) is 0 Å². The molecule has 2 aromatic rings. The number of oxime groups is 1. The largest absolute Gasteiger partial charge is 0.416 e. The van der Waals surface area contributed by atoms with Gasteiger partial charge in [0, 0.05) is 10.6 Å². The van der Waals surface area contributed by atoms with E-state index in [2.05, 4.69) is 27.5 Å². The number of nitrogens with one attached hydrogen (secondary N) is 1. The molecule has 0 saturated heterocycles. The van der Waals surface area contributed by atoms with Crippen LogP contribution < -0.4 is 5.43 Å². The van der Waals surface area contributed by atoms with Crippen molar-refractivity contribution in [3.8, 4) is 11.8 Å². The van der Waals surface area contributed by atoms with E-state index < -0.39 is 35.6 Å². The second kappa shape index (κ2) is 11.0. The summed E-state index contributed by atoms with van der Waals surface area (Å²) in [4.78, 5) is 4.81. The fourth-order valence-electron chi connectivity index (χ4n) is 2.17. The van der Waals surface area contributed by atoms with E-state index >= 15 is 0 Å². The van der Waals surface area contributed by atoms with E-state index in [1.165, 1.54) is 18.3 Å². The number of alkyl halides is 6. The van der Waals surface area contributed by atoms with E-state index in [1.54, 1.807) is 6.92 Å². The highest BCUT2D eigenvalue weighted by atomic mass is 35.5. The van der Waals surface area contributed by atoms with Gasteiger partial charge in [0.05, 0.1) is 38.8 Å². The predicted molar refractivity (Wildman–Crippen MR) is 116 cm³/mol. The van der Waals surface area contributed by atoms with Crippen molar-refractivity contribution >= 4 is 52.4 Å². The summed E-state index contributed by atoms with van der Waals surface area (Å²) in [5.74, 6) is 4.48. The zero-order chi connectivity index (χ0) is 24.8. The van der Waals surface area contributed by atoms with Gasteiger partial charge >= 0.3 is 12.4 Å². The molecular weight excluding hydrogens is 519 g/mol. The highest BCUT2D eigenvalue weighted by molar-refractivity contribution is 6.41. The maximum atomic E-state index is 12.8. The highest BCUT2D eigenvalue weighted by Gasteiger charge is 2.36. The van der Waals surface area contributed by atoms with Crippen LogP contribution in [-0.2, 0) is 17.2 Å². The molecule has 2 rings (SSSR count). The molecule has 0 fully saturated rings. The first-order valence-electron chi connectivity index (χ1n) is 8.66. The number of nitrogens with zero attached hydrogens (tertiary/aromatic N) is 2. The fourth-order valence-corrected chi connectivity index (χ4v) is 3.07. The minimum atomic E-state index is -4.95. The molecule has 0 atom stereocenters. The summed E-state index contributed by atoms with van der Waals surface area (Å²) in [6, 6.07) is 3.97. The Kier molecular flexibility index (Phi) is 8.89. The Labute approximate surface area is 199 Å². The van der Waals surface area contributed by atoms with E-state index in [0.717, 1.165) is 0 Å². The summed E-state index contributed by atoms with van der Waals surface area (Å²) in [5, 5.41) is 8.30. The Morgan fingerprint density at radius 3 is 2.03 bits per heavy atom. The summed E-state index contributed by atoms with van der Waals surface area (Å²) in [7, 11) is 0. The minimum absolute atomic E-state index is 0.0204. The topological polar surface area (TPSA) is 46.0 Å². The predicted octanol–water partition coefficient (Wildman–Crippen LogP) is 7.53. The van der Waals surface area contributed by atoms with Crippen molar-refractivity contribution in [1.82, 2.24) is 0 Å². The first-order valence-corrected chi connectivity index (χ1v) is 9.79. The highest BCUT2D eigenvalue weighted by Crippen LogP contribution is 2.36. The summed E-state index contributed by atoms with van der Waals surface area (Å²) in [6.07, 6.45) is -8.73. The molecule has 0 saturated carbocycles. The standard InChI is InChI=1S/C20H12Cl3F6N3O/c1-11(31-32-18-16(22)8-15(21)9-17(18)23)10-30-33-4-2-3-12-5-13(19(24,25)26)7-14(6-12)20(27,28)29/h5-10,32H,4H2,1H3/b30-10-,31-11-. The van der Waals surface area contributed by atoms with Crippen molar-refractivity contribution in [2.24, 2.45) is 10.3 Å². The van der Waals surface area contributed by atoms with Gasteiger partial charge < -0.3 is 4.84 Å². The Hall–Kier alpha value is -2.61. The number of rotatable bonds is 5. The molecule has 0 heterocycles. The summed E-state index contributed by atoms with van der Waals surface area (Å²) >= 11 is 17.8. The van der Waals surface area contributed by atoms with Gasteiger partial charge in [-0.2, -0.15) is 31.4 Å². The molecule has 33 heavy (non-hydrogen) atoms. The Morgan fingerprint density at radius 2 is 1.52 bits per heavy atom. The molecule has 0 aliphatic carbocycles. The van der Waals surface area contributed by atoms with Crippen LogP contribution in [0.1, 0.15) is 23.6 Å². The molecule has 0 spiro atoms. The van der Waals surface area contributed by atoms with Crippen LogP contribution in [0, 0.1) is 11.8 Å². The SMILES string of the molecule is CC(/C=N\OCC#Cc1cc(C(F)(F)F)cc(C(F)(F)F)c1)=N/Nc1c(Cl)cc(Cl)cc1Cl. The van der Waals surface area contributed by atoms with Crippen LogP contribution in [0.4, 0.5) is 32.0 Å². The Balaban J connectivity index is 2.00. The van der Waals surface area contributed by atoms with Crippen molar-refractivity contribution in [2.75, 3.05) is 12.0 Å². The Bertz CT molecular complexity index is 1080. The van der Waals surface area contributed by atoms with Gasteiger partial charge in [0.1, 0.15) is 0 Å². The van der Waals surface area contributed by atoms with Crippen LogP contribution in [0.25, 0.3) is 0 Å². The van der Waals surface area contributed by atoms with E-state index in [-0.39, 0.29) is 16.1 Å². The molecule has 0 aromatic heterocycles. The molecule has 4 nitrogen and oxygen atoms in total. The summed E-state index contributed by atoms with van der Waals surface area (Å²) < 4.78 is 77.0. The molecule has 13 heteroatoms. The van der Waals surface area contributed by atoms with Gasteiger partial charge in [-0.1, -0.05) is 51.8 Å². The third-order valence-electron chi connectivity index (χ3n) is 3.62. The molecule has 176 valence electrons. The van der Waals surface area contributed by atoms with Crippen molar-refractivity contribution in [1.29, 1.82) is 0 Å². The lowest BCUT2D eigenvalue weighted by Crippen LogP contribution is -2.11. The lowest BCUT2D eigenvalue weighted by Gasteiger charge is -2.12. The van der Waals surface area contributed by atoms with Gasteiger partial charge in [0.15, 0.2) is 6.61 Å². The van der Waals surface area contributed by atoms with Gasteiger partial charge in [0.25, 0.3) is 0 Å². The zero-order valence-corrected chi connectivity index (χ0v) is 18.6. The van der Waals surface area contributed by atoms with Crippen LogP contribution >= 0.6 is 34.8 Å². The quantitative estimate of drug-likeness (QED) is 0.143. The van der Waals surface area contributed by atoms with E-state index in [0.29, 0.717) is 28.6 Å². The van der Waals surface area contributed by atoms with Crippen molar-refractivity contribution in [3.05, 3.63) is 62.1 Å². The van der Waals surface area contributed by atoms with Gasteiger partial charge in [-0.15, -0.1) is 0 Å². The molecular formula is C20H12Cl3F6N3O. The van der Waals surface area contributed by atoms with Crippen molar-refractivity contribution in [3.63, 3.8) is 0 Å². The molecule has 0 radical (unpaired) electrons. The van der Waals surface area contributed by atoms with Crippen LogP contribution in [0.15, 0.2) is 40.6 Å². The summed E-state index contributed by atoms with van der Waals surface area (Å²) in [5.41, 5.74) is -0.136. The van der Waals surface area contributed by atoms with Crippen LogP contribution in [0.5, 0.6) is 0 Å². The molecule has 0 amide bonds. The third kappa shape index (κ3) is 8.35. The van der Waals surface area contributed by atoms with Crippen LogP contribution in [-0.4, -0.2) is 18.5 Å². The third-order valence-corrected chi connectivity index (χ3v) is 4.44. The second-order valence-corrected chi connectivity index (χ2v) is 7.46. The van der Waals surface area contributed by atoms with Gasteiger partial charge in [-0.25, -0.2) is 0 Å². The van der Waals surface area contributed by atoms with E-state index in [9.17, 15) is 26.3 Å². The molecule has 0 unspecified atom stereocenters. The normalized spacial score (nSPS) is 12.5. The monoisotopic (exact) mass is 529 g/mol. The Morgan fingerprint density at radius 1 is 0.970 bits per heavy atom. The lowest BCUT2D eigenvalue weighted by molar-refractivity contribution is -0.143. The molecule has 0 aliphatic heterocycles. The second-order valence-electron chi connectivity index (χ2n) is 6.21. The fraction of sp³-hybridized carbons (Fsp3) is 0.200. The molecule has 0 bridgehead atoms. The number of hydrazone groups is 1. The lowest BCUT2D eigenvalue weighted by atomic mass is 10.1. The smallest absolute Gasteiger partial charge is 0.383 e. The molecule has 1 N–H and O–H groups in total. The van der Waals surface area contributed by atoms with Crippen molar-refractivity contribution in [2.45, 2.75) is 19.3 Å². The maximum Gasteiger partial charge on any atom is 0.416 e. The molecule has 0 aliphatic rings. The minimum Gasteiger partial charge on any atom is -0.383 e. The van der Waals surface area contributed by atoms with Gasteiger partial charge in [-0.3, -0.25) is 5.43 Å².